The average Bonchev–Trinajstić information content (AvgIpc) is 2.77. The fraction of sp³-hybridized carbons (Fsp3) is 0.435. The molecule has 0 spiro atoms. The van der Waals surface area contributed by atoms with Crippen molar-refractivity contribution in [2.75, 3.05) is 32.9 Å². The van der Waals surface area contributed by atoms with Gasteiger partial charge in [0.1, 0.15) is 24.7 Å². The number of piperidine rings is 1. The van der Waals surface area contributed by atoms with Gasteiger partial charge in [0.15, 0.2) is 0 Å². The summed E-state index contributed by atoms with van der Waals surface area (Å²) >= 11 is 0. The zero-order valence-corrected chi connectivity index (χ0v) is 18.8. The number of sulfonamides is 1. The minimum atomic E-state index is -3.59. The second-order valence-electron chi connectivity index (χ2n) is 7.42. The molecule has 0 aromatic heterocycles. The summed E-state index contributed by atoms with van der Waals surface area (Å²) in [5.74, 6) is 0.773. The highest BCUT2D eigenvalue weighted by molar-refractivity contribution is 7.89. The lowest BCUT2D eigenvalue weighted by Crippen LogP contribution is -2.40. The van der Waals surface area contributed by atoms with E-state index in [0.29, 0.717) is 25.2 Å². The van der Waals surface area contributed by atoms with Gasteiger partial charge in [-0.05, 0) is 68.7 Å². The first-order chi connectivity index (χ1) is 14.9. The van der Waals surface area contributed by atoms with Crippen molar-refractivity contribution in [2.45, 2.75) is 31.6 Å². The van der Waals surface area contributed by atoms with Gasteiger partial charge in [0.25, 0.3) is 0 Å². The summed E-state index contributed by atoms with van der Waals surface area (Å²) in [6.45, 7) is 5.39. The number of hydrogen-bond acceptors (Lipinski definition) is 6. The Kier molecular flexibility index (Phi) is 7.92. The molecule has 0 N–H and O–H groups in total. The van der Waals surface area contributed by atoms with Crippen LogP contribution in [-0.2, 0) is 19.6 Å². The number of rotatable bonds is 9. The van der Waals surface area contributed by atoms with Crippen LogP contribution in [0.25, 0.3) is 0 Å². The van der Waals surface area contributed by atoms with E-state index >= 15 is 0 Å². The van der Waals surface area contributed by atoms with Gasteiger partial charge in [-0.2, -0.15) is 4.31 Å². The number of carbonyl (C=O) groups is 1. The predicted octanol–water partition coefficient (Wildman–Crippen LogP) is 3.42. The van der Waals surface area contributed by atoms with Gasteiger partial charge in [0.2, 0.25) is 10.0 Å². The number of carbonyl (C=O) groups excluding carboxylic acids is 1. The Hall–Kier alpha value is -2.58. The molecule has 1 aliphatic heterocycles. The molecule has 0 bridgehead atoms. The van der Waals surface area contributed by atoms with Gasteiger partial charge in [-0.25, -0.2) is 8.42 Å². The zero-order valence-electron chi connectivity index (χ0n) is 18.0. The van der Waals surface area contributed by atoms with Gasteiger partial charge in [-0.15, -0.1) is 0 Å². The van der Waals surface area contributed by atoms with Gasteiger partial charge in [0.05, 0.1) is 17.4 Å². The summed E-state index contributed by atoms with van der Waals surface area (Å²) in [6.07, 6.45) is 0.877. The third kappa shape index (κ3) is 6.21. The van der Waals surface area contributed by atoms with Crippen LogP contribution in [0.2, 0.25) is 0 Å². The van der Waals surface area contributed by atoms with Gasteiger partial charge >= 0.3 is 5.97 Å². The van der Waals surface area contributed by atoms with E-state index in [1.807, 2.05) is 38.1 Å². The summed E-state index contributed by atoms with van der Waals surface area (Å²) in [4.78, 5) is 12.6. The summed E-state index contributed by atoms with van der Waals surface area (Å²) in [6, 6.07) is 14.1. The maximum absolute atomic E-state index is 12.9. The van der Waals surface area contributed by atoms with Crippen molar-refractivity contribution >= 4 is 16.0 Å². The molecular weight excluding hydrogens is 418 g/mol. The quantitative estimate of drug-likeness (QED) is 0.433. The zero-order chi connectivity index (χ0) is 22.3. The number of benzene rings is 2. The molecule has 1 saturated heterocycles. The molecule has 0 aliphatic carbocycles. The second-order valence-corrected chi connectivity index (χ2v) is 9.35. The van der Waals surface area contributed by atoms with Crippen LogP contribution in [0.15, 0.2) is 53.4 Å². The minimum absolute atomic E-state index is 0.164. The van der Waals surface area contributed by atoms with E-state index in [1.165, 1.54) is 4.31 Å². The first kappa shape index (κ1) is 23.1. The molecule has 1 fully saturated rings. The smallest absolute Gasteiger partial charge is 0.309 e. The number of ether oxygens (including phenoxy) is 3. The van der Waals surface area contributed by atoms with Crippen LogP contribution in [0.4, 0.5) is 0 Å². The Morgan fingerprint density at radius 1 is 1.00 bits per heavy atom. The Morgan fingerprint density at radius 2 is 1.71 bits per heavy atom. The molecule has 31 heavy (non-hydrogen) atoms. The molecule has 3 rings (SSSR count). The highest BCUT2D eigenvalue weighted by atomic mass is 32.2. The Labute approximate surface area is 184 Å². The van der Waals surface area contributed by atoms with Crippen molar-refractivity contribution in [1.29, 1.82) is 0 Å². The van der Waals surface area contributed by atoms with Gasteiger partial charge in [0, 0.05) is 13.1 Å². The standard InChI is InChI=1S/C23H29NO6S/c1-3-28-20-7-9-22(10-8-20)31(26,27)24-13-11-19(12-14-24)23(25)30-16-15-29-21-6-4-5-18(2)17-21/h4-10,17,19H,3,11-16H2,1-2H3. The highest BCUT2D eigenvalue weighted by Crippen LogP contribution is 2.26. The second kappa shape index (κ2) is 10.6. The molecule has 8 heteroatoms. The Morgan fingerprint density at radius 3 is 2.35 bits per heavy atom. The summed E-state index contributed by atoms with van der Waals surface area (Å²) < 4.78 is 43.4. The number of aryl methyl sites for hydroxylation is 1. The summed E-state index contributed by atoms with van der Waals surface area (Å²) in [7, 11) is -3.59. The molecule has 0 radical (unpaired) electrons. The molecule has 1 heterocycles. The fourth-order valence-corrected chi connectivity index (χ4v) is 4.95. The Balaban J connectivity index is 1.44. The van der Waals surface area contributed by atoms with E-state index in [2.05, 4.69) is 0 Å². The molecule has 0 saturated carbocycles. The number of esters is 1. The summed E-state index contributed by atoms with van der Waals surface area (Å²) in [5.41, 5.74) is 1.10. The van der Waals surface area contributed by atoms with Crippen molar-refractivity contribution in [3.63, 3.8) is 0 Å². The van der Waals surface area contributed by atoms with Crippen molar-refractivity contribution in [3.05, 3.63) is 54.1 Å². The van der Waals surface area contributed by atoms with Gasteiger partial charge < -0.3 is 14.2 Å². The van der Waals surface area contributed by atoms with E-state index in [4.69, 9.17) is 14.2 Å². The molecule has 1 aliphatic rings. The van der Waals surface area contributed by atoms with E-state index < -0.39 is 10.0 Å². The van der Waals surface area contributed by atoms with E-state index in [9.17, 15) is 13.2 Å². The third-order valence-corrected chi connectivity index (χ3v) is 7.06. The molecular formula is C23H29NO6S. The van der Waals surface area contributed by atoms with Gasteiger partial charge in [-0.1, -0.05) is 12.1 Å². The average molecular weight is 448 g/mol. The van der Waals surface area contributed by atoms with E-state index in [0.717, 1.165) is 11.3 Å². The number of nitrogens with zero attached hydrogens (tertiary/aromatic N) is 1. The molecule has 168 valence electrons. The van der Waals surface area contributed by atoms with Crippen molar-refractivity contribution < 1.29 is 27.4 Å². The Bertz CT molecular complexity index is 966. The van der Waals surface area contributed by atoms with Crippen LogP contribution in [0, 0.1) is 12.8 Å². The lowest BCUT2D eigenvalue weighted by molar-refractivity contribution is -0.150. The van der Waals surface area contributed by atoms with Crippen LogP contribution in [-0.4, -0.2) is 51.6 Å². The minimum Gasteiger partial charge on any atom is -0.494 e. The van der Waals surface area contributed by atoms with Crippen molar-refractivity contribution in [1.82, 2.24) is 4.31 Å². The van der Waals surface area contributed by atoms with Crippen LogP contribution < -0.4 is 9.47 Å². The SMILES string of the molecule is CCOc1ccc(S(=O)(=O)N2CCC(C(=O)OCCOc3cccc(C)c3)CC2)cc1. The maximum Gasteiger partial charge on any atom is 0.309 e. The van der Waals surface area contributed by atoms with E-state index in [1.54, 1.807) is 24.3 Å². The molecule has 0 atom stereocenters. The maximum atomic E-state index is 12.9. The molecule has 2 aromatic carbocycles. The van der Waals surface area contributed by atoms with Crippen molar-refractivity contribution in [3.8, 4) is 11.5 Å². The molecule has 2 aromatic rings. The van der Waals surface area contributed by atoms with Crippen LogP contribution >= 0.6 is 0 Å². The summed E-state index contributed by atoms with van der Waals surface area (Å²) in [5, 5.41) is 0. The molecule has 0 amide bonds. The van der Waals surface area contributed by atoms with Crippen LogP contribution in [0.3, 0.4) is 0 Å². The lowest BCUT2D eigenvalue weighted by Gasteiger charge is -2.30. The molecule has 7 nitrogen and oxygen atoms in total. The first-order valence-corrected chi connectivity index (χ1v) is 11.9. The monoisotopic (exact) mass is 447 g/mol. The van der Waals surface area contributed by atoms with Gasteiger partial charge in [-0.3, -0.25) is 4.79 Å². The highest BCUT2D eigenvalue weighted by Gasteiger charge is 2.32. The lowest BCUT2D eigenvalue weighted by atomic mass is 9.98. The topological polar surface area (TPSA) is 82.1 Å². The largest absolute Gasteiger partial charge is 0.494 e. The predicted molar refractivity (Wildman–Crippen MR) is 117 cm³/mol. The normalized spacial score (nSPS) is 15.4. The molecule has 0 unspecified atom stereocenters. The number of hydrogen-bond donors (Lipinski definition) is 0. The fourth-order valence-electron chi connectivity index (χ4n) is 3.48. The van der Waals surface area contributed by atoms with E-state index in [-0.39, 0.29) is 43.1 Å². The van der Waals surface area contributed by atoms with Crippen LogP contribution in [0.5, 0.6) is 11.5 Å². The first-order valence-electron chi connectivity index (χ1n) is 10.5. The third-order valence-electron chi connectivity index (χ3n) is 5.15. The van der Waals surface area contributed by atoms with Crippen LogP contribution in [0.1, 0.15) is 25.3 Å². The van der Waals surface area contributed by atoms with Crippen molar-refractivity contribution in [2.24, 2.45) is 5.92 Å².